The second-order valence-corrected chi connectivity index (χ2v) is 7.67. The molecular formula is C21H21BrClN3O2. The molecule has 0 radical (unpaired) electrons. The average Bonchev–Trinajstić information content (AvgIpc) is 3.06. The molecule has 0 bridgehead atoms. The maximum atomic E-state index is 12.8. The molecule has 146 valence electrons. The molecule has 3 rings (SSSR count). The second-order valence-electron chi connectivity index (χ2n) is 6.38. The van der Waals surface area contributed by atoms with E-state index in [1.807, 2.05) is 54.2 Å². The van der Waals surface area contributed by atoms with Crippen molar-refractivity contribution in [2.75, 3.05) is 7.05 Å². The van der Waals surface area contributed by atoms with Gasteiger partial charge in [0, 0.05) is 30.4 Å². The lowest BCUT2D eigenvalue weighted by molar-refractivity contribution is 0.0782. The van der Waals surface area contributed by atoms with Gasteiger partial charge in [-0.3, -0.25) is 9.48 Å². The Hall–Kier alpha value is -2.31. The number of aromatic nitrogens is 2. The van der Waals surface area contributed by atoms with Crippen molar-refractivity contribution in [3.63, 3.8) is 0 Å². The summed E-state index contributed by atoms with van der Waals surface area (Å²) in [6.07, 6.45) is 1.92. The average molecular weight is 463 g/mol. The van der Waals surface area contributed by atoms with E-state index in [-0.39, 0.29) is 5.91 Å². The molecule has 0 saturated carbocycles. The van der Waals surface area contributed by atoms with Crippen LogP contribution in [0, 0.1) is 0 Å². The summed E-state index contributed by atoms with van der Waals surface area (Å²) in [5.41, 5.74) is 2.37. The Morgan fingerprint density at radius 1 is 1.25 bits per heavy atom. The van der Waals surface area contributed by atoms with E-state index in [0.717, 1.165) is 28.0 Å². The van der Waals surface area contributed by atoms with Crippen LogP contribution in [-0.2, 0) is 19.7 Å². The van der Waals surface area contributed by atoms with Crippen molar-refractivity contribution in [1.82, 2.24) is 14.7 Å². The molecule has 1 aromatic heterocycles. The molecule has 7 heteroatoms. The lowest BCUT2D eigenvalue weighted by Crippen LogP contribution is -2.26. The van der Waals surface area contributed by atoms with Gasteiger partial charge < -0.3 is 9.64 Å². The van der Waals surface area contributed by atoms with Gasteiger partial charge in [-0.2, -0.15) is 5.10 Å². The standard InChI is InChI=1S/C21H21BrClN3O2/c1-3-26-12-19(22)20(24-26)13-25(2)21(27)16-6-4-5-15(11-16)14-28-18-9-7-17(23)8-10-18/h4-12H,3,13-14H2,1-2H3. The number of benzene rings is 2. The molecule has 28 heavy (non-hydrogen) atoms. The maximum absolute atomic E-state index is 12.8. The van der Waals surface area contributed by atoms with Gasteiger partial charge in [0.1, 0.15) is 12.4 Å². The van der Waals surface area contributed by atoms with Gasteiger partial charge in [-0.25, -0.2) is 0 Å². The molecule has 0 spiro atoms. The van der Waals surface area contributed by atoms with Crippen molar-refractivity contribution < 1.29 is 9.53 Å². The summed E-state index contributed by atoms with van der Waals surface area (Å²) in [6.45, 7) is 3.61. The van der Waals surface area contributed by atoms with Gasteiger partial charge in [0.2, 0.25) is 0 Å². The highest BCUT2D eigenvalue weighted by Gasteiger charge is 2.16. The Bertz CT molecular complexity index is 957. The Balaban J connectivity index is 1.65. The van der Waals surface area contributed by atoms with Crippen LogP contribution in [0.25, 0.3) is 0 Å². The highest BCUT2D eigenvalue weighted by molar-refractivity contribution is 9.10. The van der Waals surface area contributed by atoms with E-state index in [0.29, 0.717) is 23.7 Å². The zero-order chi connectivity index (χ0) is 20.1. The quantitative estimate of drug-likeness (QED) is 0.487. The van der Waals surface area contributed by atoms with Crippen LogP contribution in [-0.4, -0.2) is 27.6 Å². The van der Waals surface area contributed by atoms with Crippen LogP contribution < -0.4 is 4.74 Å². The molecule has 0 saturated heterocycles. The van der Waals surface area contributed by atoms with Crippen LogP contribution in [0.1, 0.15) is 28.5 Å². The lowest BCUT2D eigenvalue weighted by Gasteiger charge is -2.17. The van der Waals surface area contributed by atoms with E-state index < -0.39 is 0 Å². The lowest BCUT2D eigenvalue weighted by atomic mass is 10.1. The summed E-state index contributed by atoms with van der Waals surface area (Å²) < 4.78 is 8.51. The maximum Gasteiger partial charge on any atom is 0.253 e. The normalized spacial score (nSPS) is 10.7. The third-order valence-corrected chi connectivity index (χ3v) is 5.15. The van der Waals surface area contributed by atoms with Crippen molar-refractivity contribution >= 4 is 33.4 Å². The largest absolute Gasteiger partial charge is 0.489 e. The minimum absolute atomic E-state index is 0.0636. The first-order chi connectivity index (χ1) is 13.5. The molecular weight excluding hydrogens is 442 g/mol. The third-order valence-electron chi connectivity index (χ3n) is 4.24. The van der Waals surface area contributed by atoms with Crippen LogP contribution in [0.5, 0.6) is 5.75 Å². The summed E-state index contributed by atoms with van der Waals surface area (Å²) in [6, 6.07) is 14.7. The van der Waals surface area contributed by atoms with Crippen molar-refractivity contribution in [2.45, 2.75) is 26.6 Å². The number of rotatable bonds is 7. The molecule has 0 atom stereocenters. The number of nitrogens with zero attached hydrogens (tertiary/aromatic N) is 3. The van der Waals surface area contributed by atoms with Gasteiger partial charge in [0.15, 0.2) is 0 Å². The number of ether oxygens (including phenoxy) is 1. The number of carbonyl (C=O) groups is 1. The van der Waals surface area contributed by atoms with Crippen LogP contribution in [0.4, 0.5) is 0 Å². The molecule has 1 heterocycles. The number of hydrogen-bond donors (Lipinski definition) is 0. The number of halogens is 2. The fraction of sp³-hybridized carbons (Fsp3) is 0.238. The molecule has 2 aromatic carbocycles. The van der Waals surface area contributed by atoms with Crippen molar-refractivity contribution in [3.05, 3.63) is 81.0 Å². The van der Waals surface area contributed by atoms with Gasteiger partial charge in [-0.05, 0) is 64.8 Å². The summed E-state index contributed by atoms with van der Waals surface area (Å²) in [7, 11) is 1.77. The van der Waals surface area contributed by atoms with Gasteiger partial charge in [0.05, 0.1) is 16.7 Å². The van der Waals surface area contributed by atoms with E-state index >= 15 is 0 Å². The molecule has 0 fully saturated rings. The summed E-state index contributed by atoms with van der Waals surface area (Å²) in [5.74, 6) is 0.667. The Kier molecular flexibility index (Phi) is 6.75. The SMILES string of the molecule is CCn1cc(Br)c(CN(C)C(=O)c2cccc(COc3ccc(Cl)cc3)c2)n1. The van der Waals surface area contributed by atoms with E-state index in [1.54, 1.807) is 24.1 Å². The zero-order valence-corrected chi connectivity index (χ0v) is 18.1. The molecule has 0 aliphatic rings. The first-order valence-corrected chi connectivity index (χ1v) is 10.1. The molecule has 3 aromatic rings. The van der Waals surface area contributed by atoms with Crippen molar-refractivity contribution in [3.8, 4) is 5.75 Å². The minimum atomic E-state index is -0.0636. The molecule has 1 amide bonds. The van der Waals surface area contributed by atoms with Crippen LogP contribution >= 0.6 is 27.5 Å². The highest BCUT2D eigenvalue weighted by atomic mass is 79.9. The Labute approximate surface area is 178 Å². The first-order valence-electron chi connectivity index (χ1n) is 8.91. The number of carbonyl (C=O) groups excluding carboxylic acids is 1. The molecule has 5 nitrogen and oxygen atoms in total. The van der Waals surface area contributed by atoms with E-state index in [2.05, 4.69) is 21.0 Å². The van der Waals surface area contributed by atoms with Crippen molar-refractivity contribution in [2.24, 2.45) is 0 Å². The summed E-state index contributed by atoms with van der Waals surface area (Å²) >= 11 is 9.39. The van der Waals surface area contributed by atoms with Gasteiger partial charge >= 0.3 is 0 Å². The van der Waals surface area contributed by atoms with Crippen LogP contribution in [0.15, 0.2) is 59.2 Å². The summed E-state index contributed by atoms with van der Waals surface area (Å²) in [4.78, 5) is 14.5. The predicted molar refractivity (Wildman–Crippen MR) is 114 cm³/mol. The Morgan fingerprint density at radius 2 is 2.00 bits per heavy atom. The van der Waals surface area contributed by atoms with Crippen molar-refractivity contribution in [1.29, 1.82) is 0 Å². The third kappa shape index (κ3) is 5.14. The highest BCUT2D eigenvalue weighted by Crippen LogP contribution is 2.19. The van der Waals surface area contributed by atoms with Crippen LogP contribution in [0.2, 0.25) is 5.02 Å². The molecule has 0 N–H and O–H groups in total. The number of hydrogen-bond acceptors (Lipinski definition) is 3. The number of aryl methyl sites for hydroxylation is 1. The number of amides is 1. The summed E-state index contributed by atoms with van der Waals surface area (Å²) in [5, 5.41) is 5.14. The van der Waals surface area contributed by atoms with Gasteiger partial charge in [-0.15, -0.1) is 0 Å². The topological polar surface area (TPSA) is 47.4 Å². The monoisotopic (exact) mass is 461 g/mol. The van der Waals surface area contributed by atoms with E-state index in [1.165, 1.54) is 0 Å². The van der Waals surface area contributed by atoms with Gasteiger partial charge in [-0.1, -0.05) is 23.7 Å². The fourth-order valence-electron chi connectivity index (χ4n) is 2.71. The first kappa shape index (κ1) is 20.4. The molecule has 0 unspecified atom stereocenters. The smallest absolute Gasteiger partial charge is 0.253 e. The zero-order valence-electron chi connectivity index (χ0n) is 15.7. The molecule has 0 aliphatic heterocycles. The van der Waals surface area contributed by atoms with E-state index in [4.69, 9.17) is 16.3 Å². The van der Waals surface area contributed by atoms with Gasteiger partial charge in [0.25, 0.3) is 5.91 Å². The van der Waals surface area contributed by atoms with Crippen LogP contribution in [0.3, 0.4) is 0 Å². The molecule has 0 aliphatic carbocycles. The minimum Gasteiger partial charge on any atom is -0.489 e. The van der Waals surface area contributed by atoms with E-state index in [9.17, 15) is 4.79 Å². The Morgan fingerprint density at radius 3 is 2.68 bits per heavy atom. The predicted octanol–water partition coefficient (Wildman–Crippen LogP) is 5.17. The second kappa shape index (κ2) is 9.26. The fourth-order valence-corrected chi connectivity index (χ4v) is 3.28.